The van der Waals surface area contributed by atoms with E-state index in [1.807, 2.05) is 84.4 Å². The molecule has 0 aliphatic carbocycles. The fourth-order valence-corrected chi connectivity index (χ4v) is 3.11. The Morgan fingerprint density at radius 1 is 0.737 bits per heavy atom. The molecule has 0 amide bonds. The molecule has 96 valence electrons. The first kappa shape index (κ1) is 14.3. The molecule has 0 aromatic heterocycles. The van der Waals surface area contributed by atoms with Gasteiger partial charge in [-0.1, -0.05) is 95.9 Å². The molecular weight excluding hydrogens is 291 g/mol. The van der Waals surface area contributed by atoms with Crippen LogP contribution in [-0.2, 0) is 11.8 Å². The lowest BCUT2D eigenvalue weighted by Gasteiger charge is -2.02. The van der Waals surface area contributed by atoms with E-state index in [0.717, 1.165) is 11.1 Å². The molecule has 3 heteroatoms. The standard InChI is InChI=1S/C16H14ClPS/c17-18(19,13-11-15-7-3-1-4-8-15)14-12-16-9-5-2-6-10-16/h1-14H/b13-11+,14-12+. The monoisotopic (exact) mass is 304 g/mol. The summed E-state index contributed by atoms with van der Waals surface area (Å²) in [5.74, 6) is 3.86. The molecular formula is C16H14ClPS. The maximum absolute atomic E-state index is 6.39. The molecule has 0 unspecified atom stereocenters. The molecule has 0 saturated carbocycles. The third kappa shape index (κ3) is 5.16. The van der Waals surface area contributed by atoms with Crippen LogP contribution in [0, 0.1) is 0 Å². The van der Waals surface area contributed by atoms with E-state index in [2.05, 4.69) is 0 Å². The molecule has 2 aromatic rings. The highest BCUT2D eigenvalue weighted by Crippen LogP contribution is 2.55. The summed E-state index contributed by atoms with van der Waals surface area (Å²) in [5.41, 5.74) is 2.23. The van der Waals surface area contributed by atoms with Crippen LogP contribution < -0.4 is 0 Å². The van der Waals surface area contributed by atoms with E-state index in [1.165, 1.54) is 0 Å². The van der Waals surface area contributed by atoms with Gasteiger partial charge in [0.05, 0.1) is 5.39 Å². The summed E-state index contributed by atoms with van der Waals surface area (Å²) in [5, 5.41) is -2.08. The number of hydrogen-bond donors (Lipinski definition) is 0. The third-order valence-corrected chi connectivity index (χ3v) is 5.06. The number of benzene rings is 2. The maximum atomic E-state index is 6.39. The topological polar surface area (TPSA) is 0 Å². The molecule has 0 aliphatic heterocycles. The van der Waals surface area contributed by atoms with Gasteiger partial charge in [-0.3, -0.25) is 0 Å². The van der Waals surface area contributed by atoms with Gasteiger partial charge in [0.25, 0.3) is 0 Å². The van der Waals surface area contributed by atoms with E-state index >= 15 is 0 Å². The second-order valence-corrected chi connectivity index (χ2v) is 10.0. The van der Waals surface area contributed by atoms with Gasteiger partial charge in [0.15, 0.2) is 0 Å². The maximum Gasteiger partial charge on any atom is 0.0794 e. The second-order valence-electron chi connectivity index (χ2n) is 4.08. The molecule has 0 spiro atoms. The lowest BCUT2D eigenvalue weighted by atomic mass is 10.2. The molecule has 0 N–H and O–H groups in total. The van der Waals surface area contributed by atoms with Gasteiger partial charge in [0.2, 0.25) is 0 Å². The van der Waals surface area contributed by atoms with Gasteiger partial charge in [-0.15, -0.1) is 0 Å². The Bertz CT molecular complexity index is 564. The lowest BCUT2D eigenvalue weighted by molar-refractivity contribution is 1.66. The summed E-state index contributed by atoms with van der Waals surface area (Å²) >= 11 is 11.8. The minimum absolute atomic E-state index is 1.12. The first-order valence-electron chi connectivity index (χ1n) is 5.93. The average molecular weight is 305 g/mol. The highest BCUT2D eigenvalue weighted by molar-refractivity contribution is 8.30. The quantitative estimate of drug-likeness (QED) is 0.628. The number of halogens is 1. The van der Waals surface area contributed by atoms with Crippen LogP contribution in [0.25, 0.3) is 12.2 Å². The highest BCUT2D eigenvalue weighted by atomic mass is 35.7. The Hall–Kier alpha value is -1.14. The van der Waals surface area contributed by atoms with Crippen molar-refractivity contribution in [1.29, 1.82) is 0 Å². The first-order valence-corrected chi connectivity index (χ1v) is 9.78. The van der Waals surface area contributed by atoms with E-state index in [-0.39, 0.29) is 0 Å². The summed E-state index contributed by atoms with van der Waals surface area (Å²) in [6, 6.07) is 20.1. The molecule has 0 atom stereocenters. The Labute approximate surface area is 124 Å². The molecule has 19 heavy (non-hydrogen) atoms. The highest BCUT2D eigenvalue weighted by Gasteiger charge is 2.02. The van der Waals surface area contributed by atoms with Gasteiger partial charge >= 0.3 is 0 Å². The van der Waals surface area contributed by atoms with Gasteiger partial charge in [0.1, 0.15) is 0 Å². The zero-order chi connectivity index (χ0) is 13.6. The van der Waals surface area contributed by atoms with Crippen molar-refractivity contribution in [2.24, 2.45) is 0 Å². The van der Waals surface area contributed by atoms with E-state index in [4.69, 9.17) is 23.0 Å². The Morgan fingerprint density at radius 3 is 1.47 bits per heavy atom. The van der Waals surface area contributed by atoms with Gasteiger partial charge in [-0.2, -0.15) is 0 Å². The summed E-state index contributed by atoms with van der Waals surface area (Å²) in [6.45, 7) is 0. The molecule has 0 heterocycles. The summed E-state index contributed by atoms with van der Waals surface area (Å²) in [4.78, 5) is 0. The largest absolute Gasteiger partial charge is 0.0794 e. The number of rotatable bonds is 4. The van der Waals surface area contributed by atoms with Gasteiger partial charge < -0.3 is 0 Å². The predicted molar refractivity (Wildman–Crippen MR) is 91.1 cm³/mol. The first-order chi connectivity index (χ1) is 9.16. The fraction of sp³-hybridized carbons (Fsp3) is 0. The predicted octanol–water partition coefficient (Wildman–Crippen LogP) is 5.96. The molecule has 0 fully saturated rings. The van der Waals surface area contributed by atoms with Crippen molar-refractivity contribution in [3.63, 3.8) is 0 Å². The van der Waals surface area contributed by atoms with Crippen LogP contribution in [0.5, 0.6) is 0 Å². The van der Waals surface area contributed by atoms with E-state index < -0.39 is 5.39 Å². The van der Waals surface area contributed by atoms with E-state index in [0.29, 0.717) is 0 Å². The SMILES string of the molecule is S=P(Cl)(/C=C/c1ccccc1)/C=C/c1ccccc1. The van der Waals surface area contributed by atoms with Crippen LogP contribution in [0.3, 0.4) is 0 Å². The molecule has 2 aromatic carbocycles. The molecule has 0 saturated heterocycles. The van der Waals surface area contributed by atoms with Crippen LogP contribution in [0.2, 0.25) is 0 Å². The van der Waals surface area contributed by atoms with E-state index in [9.17, 15) is 0 Å². The zero-order valence-electron chi connectivity index (χ0n) is 10.3. The Balaban J connectivity index is 2.09. The van der Waals surface area contributed by atoms with Crippen LogP contribution in [0.4, 0.5) is 0 Å². The Kier molecular flexibility index (Phi) is 5.15. The average Bonchev–Trinajstić information content (AvgIpc) is 2.46. The van der Waals surface area contributed by atoms with Crippen LogP contribution in [-0.4, -0.2) is 0 Å². The molecule has 0 bridgehead atoms. The van der Waals surface area contributed by atoms with Crippen molar-refractivity contribution >= 4 is 40.6 Å². The molecule has 0 aliphatic rings. The van der Waals surface area contributed by atoms with Crippen molar-refractivity contribution < 1.29 is 0 Å². The third-order valence-electron chi connectivity index (χ3n) is 2.54. The van der Waals surface area contributed by atoms with Gasteiger partial charge in [-0.25, -0.2) is 0 Å². The summed E-state index contributed by atoms with van der Waals surface area (Å²) in [6.07, 6.45) is 3.98. The van der Waals surface area contributed by atoms with E-state index in [1.54, 1.807) is 0 Å². The van der Waals surface area contributed by atoms with Gasteiger partial charge in [-0.05, 0) is 22.8 Å². The van der Waals surface area contributed by atoms with Gasteiger partial charge in [0, 0.05) is 0 Å². The van der Waals surface area contributed by atoms with Crippen LogP contribution in [0.15, 0.2) is 72.3 Å². The molecule has 2 rings (SSSR count). The van der Waals surface area contributed by atoms with Crippen molar-refractivity contribution in [3.05, 3.63) is 83.4 Å². The molecule has 0 nitrogen and oxygen atoms in total. The van der Waals surface area contributed by atoms with Crippen molar-refractivity contribution in [3.8, 4) is 0 Å². The number of hydrogen-bond acceptors (Lipinski definition) is 1. The van der Waals surface area contributed by atoms with Crippen LogP contribution >= 0.6 is 16.6 Å². The lowest BCUT2D eigenvalue weighted by Crippen LogP contribution is -1.69. The summed E-state index contributed by atoms with van der Waals surface area (Å²) in [7, 11) is 0. The fourth-order valence-electron chi connectivity index (χ4n) is 1.55. The van der Waals surface area contributed by atoms with Crippen molar-refractivity contribution in [2.45, 2.75) is 0 Å². The zero-order valence-corrected chi connectivity index (χ0v) is 12.8. The van der Waals surface area contributed by atoms with Crippen molar-refractivity contribution in [1.82, 2.24) is 0 Å². The summed E-state index contributed by atoms with van der Waals surface area (Å²) < 4.78 is 0. The minimum atomic E-state index is -2.08. The minimum Gasteiger partial charge on any atom is -0.0768 e. The molecule has 0 radical (unpaired) electrons. The normalized spacial score (nSPS) is 12.3. The second kappa shape index (κ2) is 6.86. The van der Waals surface area contributed by atoms with Crippen molar-refractivity contribution in [2.75, 3.05) is 0 Å². The van der Waals surface area contributed by atoms with Crippen LogP contribution in [0.1, 0.15) is 11.1 Å². The smallest absolute Gasteiger partial charge is 0.0768 e. The Morgan fingerprint density at radius 2 is 1.11 bits per heavy atom.